The maximum absolute atomic E-state index is 4.44. The van der Waals surface area contributed by atoms with Crippen LogP contribution in [0.5, 0.6) is 0 Å². The van der Waals surface area contributed by atoms with Gasteiger partial charge < -0.3 is 10.6 Å². The van der Waals surface area contributed by atoms with Crippen molar-refractivity contribution in [1.29, 1.82) is 0 Å². The molecule has 0 fully saturated rings. The van der Waals surface area contributed by atoms with Crippen LogP contribution >= 0.6 is 11.3 Å². The number of anilines is 1. The molecular weight excluding hydrogens is 266 g/mol. The SMILES string of the molecule is CC(C)(NCC1CCNc2ccccc21)c1nccs1. The second-order valence-electron chi connectivity index (χ2n) is 5.84. The summed E-state index contributed by atoms with van der Waals surface area (Å²) < 4.78 is 0. The Balaban J connectivity index is 1.71. The minimum absolute atomic E-state index is 0.0615. The predicted octanol–water partition coefficient (Wildman–Crippen LogP) is 3.57. The molecule has 106 valence electrons. The minimum atomic E-state index is -0.0615. The molecule has 0 bridgehead atoms. The molecule has 0 radical (unpaired) electrons. The molecular formula is C16H21N3S. The van der Waals surface area contributed by atoms with Crippen LogP contribution < -0.4 is 10.6 Å². The van der Waals surface area contributed by atoms with Crippen LogP contribution in [0, 0.1) is 0 Å². The normalized spacial score (nSPS) is 18.4. The Kier molecular flexibility index (Phi) is 3.76. The summed E-state index contributed by atoms with van der Waals surface area (Å²) in [5.74, 6) is 0.576. The van der Waals surface area contributed by atoms with E-state index in [-0.39, 0.29) is 5.54 Å². The average Bonchev–Trinajstić information content (AvgIpc) is 3.00. The highest BCUT2D eigenvalue weighted by atomic mass is 32.1. The van der Waals surface area contributed by atoms with Gasteiger partial charge in [-0.05, 0) is 31.9 Å². The lowest BCUT2D eigenvalue weighted by molar-refractivity contribution is 0.378. The Hall–Kier alpha value is -1.39. The van der Waals surface area contributed by atoms with E-state index in [1.165, 1.54) is 17.7 Å². The number of aromatic nitrogens is 1. The van der Waals surface area contributed by atoms with E-state index < -0.39 is 0 Å². The molecule has 0 saturated heterocycles. The lowest BCUT2D eigenvalue weighted by Crippen LogP contribution is -2.40. The molecule has 4 heteroatoms. The van der Waals surface area contributed by atoms with Gasteiger partial charge >= 0.3 is 0 Å². The third-order valence-corrected chi connectivity index (χ3v) is 5.06. The standard InChI is InChI=1S/C16H21N3S/c1-16(2,15-18-9-10-20-15)19-11-12-7-8-17-14-6-4-3-5-13(12)14/h3-6,9-10,12,17,19H,7-8,11H2,1-2H3. The summed E-state index contributed by atoms with van der Waals surface area (Å²) in [6.07, 6.45) is 3.06. The van der Waals surface area contributed by atoms with E-state index in [9.17, 15) is 0 Å². The molecule has 1 aliphatic heterocycles. The highest BCUT2D eigenvalue weighted by Crippen LogP contribution is 2.32. The monoisotopic (exact) mass is 287 g/mol. The second-order valence-corrected chi connectivity index (χ2v) is 6.74. The summed E-state index contributed by atoms with van der Waals surface area (Å²) in [5, 5.41) is 10.4. The van der Waals surface area contributed by atoms with Crippen molar-refractivity contribution in [3.63, 3.8) is 0 Å². The Morgan fingerprint density at radius 2 is 2.25 bits per heavy atom. The largest absolute Gasteiger partial charge is 0.385 e. The first kappa shape index (κ1) is 13.6. The van der Waals surface area contributed by atoms with E-state index in [2.05, 4.69) is 53.7 Å². The fraction of sp³-hybridized carbons (Fsp3) is 0.438. The first-order valence-corrected chi connectivity index (χ1v) is 8.02. The van der Waals surface area contributed by atoms with E-state index in [4.69, 9.17) is 0 Å². The van der Waals surface area contributed by atoms with Gasteiger partial charge in [0.15, 0.2) is 0 Å². The fourth-order valence-corrected chi connectivity index (χ4v) is 3.49. The molecule has 0 spiro atoms. The van der Waals surface area contributed by atoms with E-state index in [1.807, 2.05) is 11.6 Å². The van der Waals surface area contributed by atoms with Crippen LogP contribution in [0.15, 0.2) is 35.8 Å². The van der Waals surface area contributed by atoms with Crippen LogP contribution in [0.3, 0.4) is 0 Å². The van der Waals surface area contributed by atoms with Gasteiger partial charge in [0.05, 0.1) is 5.54 Å². The fourth-order valence-electron chi connectivity index (χ4n) is 2.75. The van der Waals surface area contributed by atoms with Gasteiger partial charge in [-0.3, -0.25) is 0 Å². The molecule has 2 aromatic rings. The maximum Gasteiger partial charge on any atom is 0.112 e. The van der Waals surface area contributed by atoms with Gasteiger partial charge in [-0.2, -0.15) is 0 Å². The van der Waals surface area contributed by atoms with Gasteiger partial charge in [0.25, 0.3) is 0 Å². The van der Waals surface area contributed by atoms with Crippen molar-refractivity contribution in [3.05, 3.63) is 46.4 Å². The number of fused-ring (bicyclic) bond motifs is 1. The van der Waals surface area contributed by atoms with Crippen molar-refractivity contribution in [1.82, 2.24) is 10.3 Å². The van der Waals surface area contributed by atoms with E-state index in [0.29, 0.717) is 5.92 Å². The number of hydrogen-bond acceptors (Lipinski definition) is 4. The summed E-state index contributed by atoms with van der Waals surface area (Å²) >= 11 is 1.72. The maximum atomic E-state index is 4.44. The number of nitrogens with one attached hydrogen (secondary N) is 2. The van der Waals surface area contributed by atoms with Gasteiger partial charge in [-0.25, -0.2) is 4.98 Å². The van der Waals surface area contributed by atoms with E-state index in [1.54, 1.807) is 11.3 Å². The summed E-state index contributed by atoms with van der Waals surface area (Å²) in [6.45, 7) is 6.46. The van der Waals surface area contributed by atoms with Crippen LogP contribution in [0.25, 0.3) is 0 Å². The Labute approximate surface area is 124 Å². The van der Waals surface area contributed by atoms with Crippen molar-refractivity contribution in [2.75, 3.05) is 18.4 Å². The summed E-state index contributed by atoms with van der Waals surface area (Å²) in [6, 6.07) is 8.64. The Morgan fingerprint density at radius 3 is 3.05 bits per heavy atom. The number of benzene rings is 1. The quantitative estimate of drug-likeness (QED) is 0.902. The molecule has 0 saturated carbocycles. The van der Waals surface area contributed by atoms with Crippen LogP contribution in [0.1, 0.15) is 36.8 Å². The van der Waals surface area contributed by atoms with Crippen molar-refractivity contribution in [2.45, 2.75) is 31.7 Å². The summed E-state index contributed by atoms with van der Waals surface area (Å²) in [5.41, 5.74) is 2.66. The lowest BCUT2D eigenvalue weighted by Gasteiger charge is -2.31. The van der Waals surface area contributed by atoms with Crippen LogP contribution in [0.2, 0.25) is 0 Å². The van der Waals surface area contributed by atoms with Crippen molar-refractivity contribution >= 4 is 17.0 Å². The number of rotatable bonds is 4. The molecule has 1 aromatic heterocycles. The van der Waals surface area contributed by atoms with E-state index in [0.717, 1.165) is 18.1 Å². The topological polar surface area (TPSA) is 37.0 Å². The van der Waals surface area contributed by atoms with Crippen LogP contribution in [-0.2, 0) is 5.54 Å². The Bertz CT molecular complexity index is 563. The predicted molar refractivity (Wildman–Crippen MR) is 85.4 cm³/mol. The zero-order valence-corrected chi connectivity index (χ0v) is 12.8. The number of nitrogens with zero attached hydrogens (tertiary/aromatic N) is 1. The molecule has 1 aliphatic rings. The summed E-state index contributed by atoms with van der Waals surface area (Å²) in [4.78, 5) is 4.44. The van der Waals surface area contributed by atoms with Gasteiger partial charge in [0.2, 0.25) is 0 Å². The number of thiazole rings is 1. The smallest absolute Gasteiger partial charge is 0.112 e. The summed E-state index contributed by atoms with van der Waals surface area (Å²) in [7, 11) is 0. The number of para-hydroxylation sites is 1. The first-order valence-electron chi connectivity index (χ1n) is 7.14. The third kappa shape index (κ3) is 2.72. The van der Waals surface area contributed by atoms with Crippen molar-refractivity contribution < 1.29 is 0 Å². The molecule has 2 N–H and O–H groups in total. The van der Waals surface area contributed by atoms with Crippen molar-refractivity contribution in [3.8, 4) is 0 Å². The van der Waals surface area contributed by atoms with Crippen LogP contribution in [0.4, 0.5) is 5.69 Å². The molecule has 0 amide bonds. The zero-order chi connectivity index (χ0) is 14.0. The minimum Gasteiger partial charge on any atom is -0.385 e. The van der Waals surface area contributed by atoms with Gasteiger partial charge in [0, 0.05) is 36.3 Å². The lowest BCUT2D eigenvalue weighted by atomic mass is 9.90. The second kappa shape index (κ2) is 5.54. The van der Waals surface area contributed by atoms with E-state index >= 15 is 0 Å². The molecule has 1 aromatic carbocycles. The van der Waals surface area contributed by atoms with Gasteiger partial charge in [-0.1, -0.05) is 18.2 Å². The molecule has 1 unspecified atom stereocenters. The van der Waals surface area contributed by atoms with Gasteiger partial charge in [0.1, 0.15) is 5.01 Å². The molecule has 3 rings (SSSR count). The molecule has 20 heavy (non-hydrogen) atoms. The Morgan fingerprint density at radius 1 is 1.40 bits per heavy atom. The highest BCUT2D eigenvalue weighted by Gasteiger charge is 2.26. The molecule has 3 nitrogen and oxygen atoms in total. The van der Waals surface area contributed by atoms with Crippen molar-refractivity contribution in [2.24, 2.45) is 0 Å². The highest BCUT2D eigenvalue weighted by molar-refractivity contribution is 7.09. The molecule has 0 aliphatic carbocycles. The average molecular weight is 287 g/mol. The zero-order valence-electron chi connectivity index (χ0n) is 12.0. The van der Waals surface area contributed by atoms with Gasteiger partial charge in [-0.15, -0.1) is 11.3 Å². The molecule has 1 atom stereocenters. The first-order chi connectivity index (χ1) is 9.67. The van der Waals surface area contributed by atoms with Crippen LogP contribution in [-0.4, -0.2) is 18.1 Å². The molecule has 2 heterocycles. The number of hydrogen-bond donors (Lipinski definition) is 2. The third-order valence-electron chi connectivity index (χ3n) is 3.97.